The number of fused-ring (bicyclic) bond motifs is 1. The molecule has 2 nitrogen and oxygen atoms in total. The maximum absolute atomic E-state index is 6.08. The van der Waals surface area contributed by atoms with Gasteiger partial charge in [0.25, 0.3) is 0 Å². The molecule has 0 spiro atoms. The lowest BCUT2D eigenvalue weighted by Gasteiger charge is -2.25. The maximum Gasteiger partial charge on any atom is 0.0827 e. The molecule has 1 N–H and O–H groups in total. The fraction of sp³-hybridized carbons (Fsp3) is 0.647. The third-order valence-electron chi connectivity index (χ3n) is 3.68. The van der Waals surface area contributed by atoms with E-state index in [9.17, 15) is 0 Å². The van der Waals surface area contributed by atoms with Crippen molar-refractivity contribution in [3.8, 4) is 0 Å². The van der Waals surface area contributed by atoms with Crippen LogP contribution in [0.25, 0.3) is 0 Å². The molecule has 0 saturated heterocycles. The zero-order chi connectivity index (χ0) is 13.5. The van der Waals surface area contributed by atoms with Crippen LogP contribution in [0.3, 0.4) is 0 Å². The number of benzene rings is 1. The molecule has 0 heterocycles. The van der Waals surface area contributed by atoms with Gasteiger partial charge in [-0.25, -0.2) is 0 Å². The second kappa shape index (κ2) is 7.66. The van der Waals surface area contributed by atoms with E-state index < -0.39 is 0 Å². The summed E-state index contributed by atoms with van der Waals surface area (Å²) < 4.78 is 6.08. The number of aryl methyl sites for hydroxylation is 1. The first-order valence-corrected chi connectivity index (χ1v) is 7.67. The monoisotopic (exact) mass is 261 g/mol. The van der Waals surface area contributed by atoms with Gasteiger partial charge in [-0.3, -0.25) is 0 Å². The van der Waals surface area contributed by atoms with E-state index in [4.69, 9.17) is 4.74 Å². The lowest BCUT2D eigenvalue weighted by molar-refractivity contribution is 0.0393. The number of ether oxygens (including phenoxy) is 1. The van der Waals surface area contributed by atoms with Gasteiger partial charge >= 0.3 is 0 Å². The minimum atomic E-state index is 0.329. The Morgan fingerprint density at radius 2 is 2.16 bits per heavy atom. The molecule has 2 heteroatoms. The van der Waals surface area contributed by atoms with Crippen molar-refractivity contribution in [2.45, 2.75) is 45.6 Å². The van der Waals surface area contributed by atoms with Crippen LogP contribution in [0, 0.1) is 5.92 Å². The van der Waals surface area contributed by atoms with Crippen LogP contribution in [-0.4, -0.2) is 19.7 Å². The van der Waals surface area contributed by atoms with Crippen LogP contribution >= 0.6 is 0 Å². The number of hydrogen-bond acceptors (Lipinski definition) is 2. The molecule has 1 unspecified atom stereocenters. The third kappa shape index (κ3) is 4.63. The van der Waals surface area contributed by atoms with E-state index in [2.05, 4.69) is 43.4 Å². The molecule has 0 radical (unpaired) electrons. The molecule has 0 fully saturated rings. The van der Waals surface area contributed by atoms with Crippen molar-refractivity contribution in [3.63, 3.8) is 0 Å². The van der Waals surface area contributed by atoms with Crippen molar-refractivity contribution >= 4 is 0 Å². The highest BCUT2D eigenvalue weighted by molar-refractivity contribution is 5.31. The van der Waals surface area contributed by atoms with E-state index in [1.807, 2.05) is 0 Å². The minimum absolute atomic E-state index is 0.329. The van der Waals surface area contributed by atoms with Crippen LogP contribution in [-0.2, 0) is 11.2 Å². The second-order valence-electron chi connectivity index (χ2n) is 5.90. The molecule has 1 aliphatic carbocycles. The van der Waals surface area contributed by atoms with Crippen molar-refractivity contribution in [3.05, 3.63) is 35.4 Å². The molecule has 0 aliphatic heterocycles. The molecule has 19 heavy (non-hydrogen) atoms. The highest BCUT2D eigenvalue weighted by Crippen LogP contribution is 2.32. The summed E-state index contributed by atoms with van der Waals surface area (Å²) in [5, 5.41) is 3.46. The SMILES string of the molecule is CC(C)CNCCCOC1CCCc2ccccc21. The van der Waals surface area contributed by atoms with Gasteiger partial charge in [-0.05, 0) is 55.8 Å². The summed E-state index contributed by atoms with van der Waals surface area (Å²) in [7, 11) is 0. The van der Waals surface area contributed by atoms with Crippen molar-refractivity contribution in [1.82, 2.24) is 5.32 Å². The summed E-state index contributed by atoms with van der Waals surface area (Å²) in [4.78, 5) is 0. The molecular weight excluding hydrogens is 234 g/mol. The standard InChI is InChI=1S/C17H27NO/c1-14(2)13-18-11-6-12-19-17-10-5-8-15-7-3-4-9-16(15)17/h3-4,7,9,14,17-18H,5-6,8,10-13H2,1-2H3. The summed E-state index contributed by atoms with van der Waals surface area (Å²) in [6.45, 7) is 7.51. The Labute approximate surface area is 117 Å². The van der Waals surface area contributed by atoms with E-state index in [0.29, 0.717) is 6.10 Å². The first-order chi connectivity index (χ1) is 9.27. The Balaban J connectivity index is 1.70. The molecule has 0 saturated carbocycles. The summed E-state index contributed by atoms with van der Waals surface area (Å²) in [6, 6.07) is 8.74. The Bertz CT molecular complexity index is 375. The molecule has 1 aromatic rings. The smallest absolute Gasteiger partial charge is 0.0827 e. The molecule has 106 valence electrons. The summed E-state index contributed by atoms with van der Waals surface area (Å²) in [5.74, 6) is 0.728. The molecule has 0 amide bonds. The van der Waals surface area contributed by atoms with Gasteiger partial charge in [-0.15, -0.1) is 0 Å². The largest absolute Gasteiger partial charge is 0.373 e. The Kier molecular flexibility index (Phi) is 5.87. The summed E-state index contributed by atoms with van der Waals surface area (Å²) in [6.07, 6.45) is 5.08. The number of nitrogens with one attached hydrogen (secondary N) is 1. The molecule has 0 aromatic heterocycles. The lowest BCUT2D eigenvalue weighted by atomic mass is 9.89. The van der Waals surface area contributed by atoms with Crippen molar-refractivity contribution in [2.75, 3.05) is 19.7 Å². The van der Waals surface area contributed by atoms with Gasteiger partial charge in [0.05, 0.1) is 6.10 Å². The van der Waals surface area contributed by atoms with E-state index in [-0.39, 0.29) is 0 Å². The van der Waals surface area contributed by atoms with Gasteiger partial charge < -0.3 is 10.1 Å². The van der Waals surface area contributed by atoms with Crippen LogP contribution in [0.5, 0.6) is 0 Å². The number of hydrogen-bond donors (Lipinski definition) is 1. The molecule has 0 bridgehead atoms. The average molecular weight is 261 g/mol. The van der Waals surface area contributed by atoms with E-state index >= 15 is 0 Å². The fourth-order valence-electron chi connectivity index (χ4n) is 2.70. The predicted molar refractivity (Wildman–Crippen MR) is 80.4 cm³/mol. The minimum Gasteiger partial charge on any atom is -0.373 e. The molecular formula is C17H27NO. The topological polar surface area (TPSA) is 21.3 Å². The van der Waals surface area contributed by atoms with Crippen molar-refractivity contribution in [1.29, 1.82) is 0 Å². The number of rotatable bonds is 7. The lowest BCUT2D eigenvalue weighted by Crippen LogP contribution is -2.22. The van der Waals surface area contributed by atoms with Crippen LogP contribution in [0.1, 0.15) is 50.3 Å². The van der Waals surface area contributed by atoms with Gasteiger partial charge in [0.2, 0.25) is 0 Å². The Morgan fingerprint density at radius 3 is 3.00 bits per heavy atom. The Hall–Kier alpha value is -0.860. The van der Waals surface area contributed by atoms with Crippen LogP contribution in [0.15, 0.2) is 24.3 Å². The van der Waals surface area contributed by atoms with Crippen LogP contribution in [0.4, 0.5) is 0 Å². The average Bonchev–Trinajstić information content (AvgIpc) is 2.42. The zero-order valence-corrected chi connectivity index (χ0v) is 12.3. The molecule has 2 rings (SSSR count). The summed E-state index contributed by atoms with van der Waals surface area (Å²) >= 11 is 0. The van der Waals surface area contributed by atoms with Gasteiger partial charge in [-0.2, -0.15) is 0 Å². The zero-order valence-electron chi connectivity index (χ0n) is 12.3. The molecule has 1 atom stereocenters. The van der Waals surface area contributed by atoms with Gasteiger partial charge in [0.15, 0.2) is 0 Å². The first-order valence-electron chi connectivity index (χ1n) is 7.67. The summed E-state index contributed by atoms with van der Waals surface area (Å²) in [5.41, 5.74) is 2.90. The van der Waals surface area contributed by atoms with E-state index in [1.165, 1.54) is 30.4 Å². The normalized spacial score (nSPS) is 18.6. The van der Waals surface area contributed by atoms with Crippen LogP contribution in [0.2, 0.25) is 0 Å². The fourth-order valence-corrected chi connectivity index (χ4v) is 2.70. The highest BCUT2D eigenvalue weighted by atomic mass is 16.5. The van der Waals surface area contributed by atoms with Gasteiger partial charge in [0.1, 0.15) is 0 Å². The van der Waals surface area contributed by atoms with Gasteiger partial charge in [-0.1, -0.05) is 38.1 Å². The van der Waals surface area contributed by atoms with E-state index in [0.717, 1.165) is 32.0 Å². The quantitative estimate of drug-likeness (QED) is 0.755. The van der Waals surface area contributed by atoms with Crippen LogP contribution < -0.4 is 5.32 Å². The third-order valence-corrected chi connectivity index (χ3v) is 3.68. The predicted octanol–water partition coefficient (Wildman–Crippen LogP) is 3.72. The maximum atomic E-state index is 6.08. The van der Waals surface area contributed by atoms with Gasteiger partial charge in [0, 0.05) is 6.61 Å². The van der Waals surface area contributed by atoms with Crippen molar-refractivity contribution in [2.24, 2.45) is 5.92 Å². The second-order valence-corrected chi connectivity index (χ2v) is 5.90. The Morgan fingerprint density at radius 1 is 1.32 bits per heavy atom. The molecule has 1 aliphatic rings. The first kappa shape index (κ1) is 14.5. The molecule has 1 aromatic carbocycles. The highest BCUT2D eigenvalue weighted by Gasteiger charge is 2.19. The van der Waals surface area contributed by atoms with E-state index in [1.54, 1.807) is 0 Å². The van der Waals surface area contributed by atoms with Crippen molar-refractivity contribution < 1.29 is 4.74 Å².